The fourth-order valence-electron chi connectivity index (χ4n) is 2.75. The normalized spacial score (nSPS) is 12.0. The Morgan fingerprint density at radius 2 is 1.85 bits per heavy atom. The molecule has 2 aromatic carbocycles. The van der Waals surface area contributed by atoms with E-state index in [2.05, 4.69) is 5.32 Å². The summed E-state index contributed by atoms with van der Waals surface area (Å²) in [6.07, 6.45) is 0.659. The van der Waals surface area contributed by atoms with Crippen LogP contribution in [-0.2, 0) is 11.2 Å². The number of furan rings is 1. The molecule has 0 aliphatic rings. The summed E-state index contributed by atoms with van der Waals surface area (Å²) in [4.78, 5) is 12.1. The molecule has 3 nitrogen and oxygen atoms in total. The molecule has 1 N–H and O–H groups in total. The van der Waals surface area contributed by atoms with Crippen molar-refractivity contribution in [1.82, 2.24) is 5.32 Å². The summed E-state index contributed by atoms with van der Waals surface area (Å²) in [5.74, 6) is -0.0746. The van der Waals surface area contributed by atoms with Gasteiger partial charge < -0.3 is 9.73 Å². The van der Waals surface area contributed by atoms with Gasteiger partial charge in [-0.05, 0) is 25.1 Å². The van der Waals surface area contributed by atoms with Gasteiger partial charge in [-0.15, -0.1) is 0 Å². The van der Waals surface area contributed by atoms with Crippen molar-refractivity contribution in [1.29, 1.82) is 0 Å². The van der Waals surface area contributed by atoms with Gasteiger partial charge in [0.15, 0.2) is 0 Å². The van der Waals surface area contributed by atoms with Crippen molar-refractivity contribution in [3.63, 3.8) is 0 Å². The number of benzene rings is 2. The zero-order valence-electron chi connectivity index (χ0n) is 14.3. The number of amides is 1. The second kappa shape index (κ2) is 7.95. The summed E-state index contributed by atoms with van der Waals surface area (Å²) in [6.45, 7) is 1.66. The van der Waals surface area contributed by atoms with E-state index in [0.29, 0.717) is 12.2 Å². The highest BCUT2D eigenvalue weighted by Crippen LogP contribution is 2.22. The van der Waals surface area contributed by atoms with Gasteiger partial charge in [-0.1, -0.05) is 36.4 Å². The summed E-state index contributed by atoms with van der Waals surface area (Å²) in [5.41, 5.74) is 1.23. The molecule has 1 aromatic heterocycles. The van der Waals surface area contributed by atoms with E-state index in [-0.39, 0.29) is 17.9 Å². The molecule has 0 spiro atoms. The molecule has 1 heterocycles. The van der Waals surface area contributed by atoms with Gasteiger partial charge in [0.1, 0.15) is 23.2 Å². The van der Waals surface area contributed by atoms with E-state index in [4.69, 9.17) is 4.42 Å². The number of carbonyl (C=O) groups is 1. The van der Waals surface area contributed by atoms with Crippen molar-refractivity contribution in [2.24, 2.45) is 0 Å². The lowest BCUT2D eigenvalue weighted by Gasteiger charge is -2.15. The maximum absolute atomic E-state index is 13.8. The van der Waals surface area contributed by atoms with Crippen LogP contribution in [0.1, 0.15) is 30.7 Å². The van der Waals surface area contributed by atoms with Gasteiger partial charge in [-0.2, -0.15) is 0 Å². The number of hydrogen-bond acceptors (Lipinski definition) is 2. The number of nitrogens with one attached hydrogen (secondary N) is 1. The van der Waals surface area contributed by atoms with E-state index < -0.39 is 17.7 Å². The first-order chi connectivity index (χ1) is 12.5. The van der Waals surface area contributed by atoms with Gasteiger partial charge in [0.25, 0.3) is 0 Å². The average molecular weight is 355 g/mol. The van der Waals surface area contributed by atoms with Gasteiger partial charge in [0.05, 0.1) is 6.04 Å². The van der Waals surface area contributed by atoms with Crippen molar-refractivity contribution in [3.05, 3.63) is 83.6 Å². The number of aryl methyl sites for hydroxylation is 1. The zero-order chi connectivity index (χ0) is 18.5. The number of halogens is 2. The van der Waals surface area contributed by atoms with Crippen molar-refractivity contribution in [2.75, 3.05) is 0 Å². The molecular weight excluding hydrogens is 336 g/mol. The lowest BCUT2D eigenvalue weighted by atomic mass is 10.1. The van der Waals surface area contributed by atoms with E-state index in [1.165, 1.54) is 12.1 Å². The third kappa shape index (κ3) is 4.36. The van der Waals surface area contributed by atoms with Crippen LogP contribution in [0.15, 0.2) is 65.1 Å². The van der Waals surface area contributed by atoms with Crippen molar-refractivity contribution in [2.45, 2.75) is 25.8 Å². The molecule has 0 aliphatic carbocycles. The minimum atomic E-state index is -0.670. The lowest BCUT2D eigenvalue weighted by Crippen LogP contribution is -2.27. The van der Waals surface area contributed by atoms with Gasteiger partial charge in [-0.3, -0.25) is 4.79 Å². The molecule has 0 saturated carbocycles. The Labute approximate surface area is 150 Å². The summed E-state index contributed by atoms with van der Waals surface area (Å²) in [6, 6.07) is 16.2. The highest BCUT2D eigenvalue weighted by Gasteiger charge is 2.15. The summed E-state index contributed by atoms with van der Waals surface area (Å²) < 4.78 is 32.5. The first kappa shape index (κ1) is 17.9. The molecule has 1 amide bonds. The van der Waals surface area contributed by atoms with Gasteiger partial charge in [0.2, 0.25) is 5.91 Å². The average Bonchev–Trinajstić information content (AvgIpc) is 3.09. The van der Waals surface area contributed by atoms with Crippen LogP contribution in [0, 0.1) is 11.6 Å². The molecule has 1 atom stereocenters. The SMILES string of the molecule is CC(NC(=O)CCc1ccc(-c2ccccc2)o1)c1ccc(F)cc1F. The molecule has 5 heteroatoms. The molecule has 0 radical (unpaired) electrons. The van der Waals surface area contributed by atoms with Crippen LogP contribution in [-0.4, -0.2) is 5.91 Å². The Balaban J connectivity index is 1.55. The predicted octanol–water partition coefficient (Wildman–Crippen LogP) is 5.03. The van der Waals surface area contributed by atoms with E-state index in [1.54, 1.807) is 6.92 Å². The standard InChI is InChI=1S/C21H19F2NO2/c1-14(18-10-7-16(22)13-19(18)23)24-21(25)12-9-17-8-11-20(26-17)15-5-3-2-4-6-15/h2-8,10-11,13-14H,9,12H2,1H3,(H,24,25). The van der Waals surface area contributed by atoms with E-state index in [0.717, 1.165) is 17.4 Å². The van der Waals surface area contributed by atoms with E-state index >= 15 is 0 Å². The van der Waals surface area contributed by atoms with E-state index in [9.17, 15) is 13.6 Å². The van der Waals surface area contributed by atoms with Crippen LogP contribution >= 0.6 is 0 Å². The Hall–Kier alpha value is -2.95. The number of carbonyl (C=O) groups excluding carboxylic acids is 1. The molecule has 0 saturated heterocycles. The maximum Gasteiger partial charge on any atom is 0.220 e. The molecule has 0 bridgehead atoms. The van der Waals surface area contributed by atoms with Crippen LogP contribution < -0.4 is 5.32 Å². The fourth-order valence-corrected chi connectivity index (χ4v) is 2.75. The maximum atomic E-state index is 13.8. The van der Waals surface area contributed by atoms with Crippen LogP contribution in [0.2, 0.25) is 0 Å². The highest BCUT2D eigenvalue weighted by atomic mass is 19.1. The minimum absolute atomic E-state index is 0.217. The molecule has 134 valence electrons. The topological polar surface area (TPSA) is 42.2 Å². The number of hydrogen-bond donors (Lipinski definition) is 1. The van der Waals surface area contributed by atoms with E-state index in [1.807, 2.05) is 42.5 Å². The Morgan fingerprint density at radius 3 is 2.58 bits per heavy atom. The van der Waals surface area contributed by atoms with Crippen LogP contribution in [0.4, 0.5) is 8.78 Å². The van der Waals surface area contributed by atoms with Crippen LogP contribution in [0.3, 0.4) is 0 Å². The molecule has 1 unspecified atom stereocenters. The Morgan fingerprint density at radius 1 is 1.08 bits per heavy atom. The van der Waals surface area contributed by atoms with Crippen LogP contribution in [0.25, 0.3) is 11.3 Å². The van der Waals surface area contributed by atoms with Gasteiger partial charge >= 0.3 is 0 Å². The third-order valence-electron chi connectivity index (χ3n) is 4.12. The first-order valence-electron chi connectivity index (χ1n) is 8.41. The smallest absolute Gasteiger partial charge is 0.220 e. The Bertz CT molecular complexity index is 890. The van der Waals surface area contributed by atoms with Gasteiger partial charge in [-0.25, -0.2) is 8.78 Å². The first-order valence-corrected chi connectivity index (χ1v) is 8.41. The molecule has 0 fully saturated rings. The van der Waals surface area contributed by atoms with Crippen LogP contribution in [0.5, 0.6) is 0 Å². The molecule has 3 rings (SSSR count). The summed E-state index contributed by atoms with van der Waals surface area (Å²) >= 11 is 0. The molecule has 26 heavy (non-hydrogen) atoms. The summed E-state index contributed by atoms with van der Waals surface area (Å²) in [5, 5.41) is 2.72. The van der Waals surface area contributed by atoms with Crippen molar-refractivity contribution in [3.8, 4) is 11.3 Å². The quantitative estimate of drug-likeness (QED) is 0.673. The lowest BCUT2D eigenvalue weighted by molar-refractivity contribution is -0.121. The van der Waals surface area contributed by atoms with Gasteiger partial charge in [0, 0.05) is 30.0 Å². The fraction of sp³-hybridized carbons (Fsp3) is 0.190. The van der Waals surface area contributed by atoms with Crippen molar-refractivity contribution >= 4 is 5.91 Å². The number of rotatable bonds is 6. The third-order valence-corrected chi connectivity index (χ3v) is 4.12. The zero-order valence-corrected chi connectivity index (χ0v) is 14.3. The second-order valence-corrected chi connectivity index (χ2v) is 6.09. The predicted molar refractivity (Wildman–Crippen MR) is 95.4 cm³/mol. The molecular formula is C21H19F2NO2. The van der Waals surface area contributed by atoms with Crippen molar-refractivity contribution < 1.29 is 18.0 Å². The Kier molecular flexibility index (Phi) is 5.46. The highest BCUT2D eigenvalue weighted by molar-refractivity contribution is 5.76. The minimum Gasteiger partial charge on any atom is -0.461 e. The molecule has 3 aromatic rings. The molecule has 0 aliphatic heterocycles. The summed E-state index contributed by atoms with van der Waals surface area (Å²) in [7, 11) is 0. The monoisotopic (exact) mass is 355 g/mol. The second-order valence-electron chi connectivity index (χ2n) is 6.09. The largest absolute Gasteiger partial charge is 0.461 e.